The summed E-state index contributed by atoms with van der Waals surface area (Å²) in [5.41, 5.74) is 4.86. The normalized spacial score (nSPS) is 11.6. The first-order chi connectivity index (χ1) is 8.43. The molecule has 4 nitrogen and oxygen atoms in total. The number of anilines is 1. The standard InChI is InChI=1S/C11H10F3N3O/c1-18-8-5-3-2-4-7(8)17-10(15)6-9(16-17)11(12,13)14/h2-6H,15H2,1H3. The van der Waals surface area contributed by atoms with E-state index in [1.165, 1.54) is 7.11 Å². The van der Waals surface area contributed by atoms with E-state index in [9.17, 15) is 13.2 Å². The summed E-state index contributed by atoms with van der Waals surface area (Å²) < 4.78 is 43.6. The minimum absolute atomic E-state index is 0.105. The van der Waals surface area contributed by atoms with Crippen LogP contribution in [0.3, 0.4) is 0 Å². The summed E-state index contributed by atoms with van der Waals surface area (Å²) in [6, 6.07) is 7.33. The van der Waals surface area contributed by atoms with Gasteiger partial charge in [0.1, 0.15) is 17.3 Å². The van der Waals surface area contributed by atoms with Crippen molar-refractivity contribution in [3.8, 4) is 11.4 Å². The summed E-state index contributed by atoms with van der Waals surface area (Å²) >= 11 is 0. The van der Waals surface area contributed by atoms with Gasteiger partial charge in [0, 0.05) is 6.07 Å². The maximum atomic E-state index is 12.5. The number of ether oxygens (including phenoxy) is 1. The quantitative estimate of drug-likeness (QED) is 0.899. The zero-order valence-corrected chi connectivity index (χ0v) is 9.40. The minimum Gasteiger partial charge on any atom is -0.494 e. The first kappa shape index (κ1) is 12.3. The number of methoxy groups -OCH3 is 1. The smallest absolute Gasteiger partial charge is 0.435 e. The monoisotopic (exact) mass is 257 g/mol. The van der Waals surface area contributed by atoms with Crippen LogP contribution in [0.2, 0.25) is 0 Å². The molecule has 0 fully saturated rings. The number of hydrogen-bond acceptors (Lipinski definition) is 3. The van der Waals surface area contributed by atoms with E-state index in [1.807, 2.05) is 0 Å². The van der Waals surface area contributed by atoms with Gasteiger partial charge in [-0.25, -0.2) is 4.68 Å². The Bertz CT molecular complexity index is 563. The molecular weight excluding hydrogens is 247 g/mol. The van der Waals surface area contributed by atoms with Crippen molar-refractivity contribution in [3.63, 3.8) is 0 Å². The molecule has 0 unspecified atom stereocenters. The van der Waals surface area contributed by atoms with E-state index in [2.05, 4.69) is 5.10 Å². The molecule has 18 heavy (non-hydrogen) atoms. The first-order valence-electron chi connectivity index (χ1n) is 4.99. The van der Waals surface area contributed by atoms with Gasteiger partial charge >= 0.3 is 6.18 Å². The first-order valence-corrected chi connectivity index (χ1v) is 4.99. The predicted octanol–water partition coefficient (Wildman–Crippen LogP) is 2.48. The van der Waals surface area contributed by atoms with Crippen molar-refractivity contribution in [2.45, 2.75) is 6.18 Å². The largest absolute Gasteiger partial charge is 0.494 e. The molecular formula is C11H10F3N3O. The van der Waals surface area contributed by atoms with Crippen molar-refractivity contribution in [2.24, 2.45) is 0 Å². The molecule has 0 radical (unpaired) electrons. The summed E-state index contributed by atoms with van der Waals surface area (Å²) in [6.07, 6.45) is -4.53. The van der Waals surface area contributed by atoms with Crippen LogP contribution in [0.1, 0.15) is 5.69 Å². The zero-order valence-electron chi connectivity index (χ0n) is 9.40. The van der Waals surface area contributed by atoms with Crippen LogP contribution in [0.15, 0.2) is 30.3 Å². The van der Waals surface area contributed by atoms with Crippen molar-refractivity contribution in [1.29, 1.82) is 0 Å². The highest BCUT2D eigenvalue weighted by molar-refractivity contribution is 5.51. The highest BCUT2D eigenvalue weighted by atomic mass is 19.4. The van der Waals surface area contributed by atoms with Crippen molar-refractivity contribution in [3.05, 3.63) is 36.0 Å². The second-order valence-electron chi connectivity index (χ2n) is 3.54. The predicted molar refractivity (Wildman–Crippen MR) is 59.5 cm³/mol. The topological polar surface area (TPSA) is 53.1 Å². The number of nitrogen functional groups attached to an aromatic ring is 1. The molecule has 1 heterocycles. The molecule has 0 bridgehead atoms. The number of para-hydroxylation sites is 2. The van der Waals surface area contributed by atoms with Crippen LogP contribution in [-0.4, -0.2) is 16.9 Å². The van der Waals surface area contributed by atoms with Gasteiger partial charge in [-0.2, -0.15) is 18.3 Å². The summed E-state index contributed by atoms with van der Waals surface area (Å²) in [7, 11) is 1.42. The molecule has 0 atom stereocenters. The van der Waals surface area contributed by atoms with Gasteiger partial charge in [-0.15, -0.1) is 0 Å². The number of nitrogens with two attached hydrogens (primary N) is 1. The molecule has 0 amide bonds. The van der Waals surface area contributed by atoms with E-state index in [0.717, 1.165) is 10.7 Å². The highest BCUT2D eigenvalue weighted by Gasteiger charge is 2.35. The third-order valence-corrected chi connectivity index (χ3v) is 2.34. The summed E-state index contributed by atoms with van der Waals surface area (Å²) in [6.45, 7) is 0. The Morgan fingerprint density at radius 1 is 1.28 bits per heavy atom. The lowest BCUT2D eigenvalue weighted by Gasteiger charge is -2.09. The van der Waals surface area contributed by atoms with E-state index in [0.29, 0.717) is 11.4 Å². The summed E-state index contributed by atoms with van der Waals surface area (Å²) in [5, 5.41) is 3.45. The van der Waals surface area contributed by atoms with E-state index in [1.54, 1.807) is 24.3 Å². The number of nitrogens with zero attached hydrogens (tertiary/aromatic N) is 2. The Morgan fingerprint density at radius 2 is 1.94 bits per heavy atom. The SMILES string of the molecule is COc1ccccc1-n1nc(C(F)(F)F)cc1N. The third-order valence-electron chi connectivity index (χ3n) is 2.34. The maximum absolute atomic E-state index is 12.5. The van der Waals surface area contributed by atoms with Crippen molar-refractivity contribution in [1.82, 2.24) is 9.78 Å². The number of hydrogen-bond donors (Lipinski definition) is 1. The van der Waals surface area contributed by atoms with E-state index in [-0.39, 0.29) is 5.82 Å². The molecule has 0 saturated carbocycles. The van der Waals surface area contributed by atoms with E-state index < -0.39 is 11.9 Å². The fourth-order valence-corrected chi connectivity index (χ4v) is 1.53. The summed E-state index contributed by atoms with van der Waals surface area (Å²) in [4.78, 5) is 0. The van der Waals surface area contributed by atoms with Crippen LogP contribution in [0, 0.1) is 0 Å². The van der Waals surface area contributed by atoms with Crippen LogP contribution in [0.5, 0.6) is 5.75 Å². The number of halogens is 3. The molecule has 0 aliphatic rings. The van der Waals surface area contributed by atoms with Crippen LogP contribution < -0.4 is 10.5 Å². The minimum atomic E-state index is -4.53. The number of alkyl halides is 3. The number of aromatic nitrogens is 2. The van der Waals surface area contributed by atoms with Crippen molar-refractivity contribution < 1.29 is 17.9 Å². The van der Waals surface area contributed by atoms with Gasteiger partial charge in [-0.1, -0.05) is 12.1 Å². The van der Waals surface area contributed by atoms with Gasteiger partial charge in [0.25, 0.3) is 0 Å². The fourth-order valence-electron chi connectivity index (χ4n) is 1.53. The van der Waals surface area contributed by atoms with Gasteiger partial charge in [0.2, 0.25) is 0 Å². The van der Waals surface area contributed by atoms with Crippen LogP contribution >= 0.6 is 0 Å². The Morgan fingerprint density at radius 3 is 2.50 bits per heavy atom. The molecule has 0 saturated heterocycles. The molecule has 2 N–H and O–H groups in total. The Labute approximate surface area is 101 Å². The van der Waals surface area contributed by atoms with E-state index >= 15 is 0 Å². The van der Waals surface area contributed by atoms with Crippen molar-refractivity contribution >= 4 is 5.82 Å². The third kappa shape index (κ3) is 2.11. The van der Waals surface area contributed by atoms with Crippen LogP contribution in [0.4, 0.5) is 19.0 Å². The number of benzene rings is 1. The van der Waals surface area contributed by atoms with Crippen LogP contribution in [0.25, 0.3) is 5.69 Å². The number of rotatable bonds is 2. The molecule has 0 aliphatic carbocycles. The van der Waals surface area contributed by atoms with Gasteiger partial charge in [0.15, 0.2) is 5.69 Å². The average molecular weight is 257 g/mol. The molecule has 0 aliphatic heterocycles. The lowest BCUT2D eigenvalue weighted by atomic mass is 10.3. The second-order valence-corrected chi connectivity index (χ2v) is 3.54. The molecule has 1 aromatic carbocycles. The Balaban J connectivity index is 2.55. The van der Waals surface area contributed by atoms with Crippen molar-refractivity contribution in [2.75, 3.05) is 12.8 Å². The van der Waals surface area contributed by atoms with Gasteiger partial charge < -0.3 is 10.5 Å². The Kier molecular flexibility index (Phi) is 2.90. The van der Waals surface area contributed by atoms with Crippen LogP contribution in [-0.2, 0) is 6.18 Å². The highest BCUT2D eigenvalue weighted by Crippen LogP contribution is 2.31. The molecule has 2 rings (SSSR count). The lowest BCUT2D eigenvalue weighted by molar-refractivity contribution is -0.141. The van der Waals surface area contributed by atoms with Gasteiger partial charge in [-0.3, -0.25) is 0 Å². The van der Waals surface area contributed by atoms with E-state index in [4.69, 9.17) is 10.5 Å². The molecule has 1 aromatic heterocycles. The fraction of sp³-hybridized carbons (Fsp3) is 0.182. The average Bonchev–Trinajstić information content (AvgIpc) is 2.71. The van der Waals surface area contributed by atoms with Gasteiger partial charge in [0.05, 0.1) is 7.11 Å². The molecule has 96 valence electrons. The lowest BCUT2D eigenvalue weighted by Crippen LogP contribution is -2.08. The Hall–Kier alpha value is -2.18. The second kappa shape index (κ2) is 4.25. The molecule has 2 aromatic rings. The van der Waals surface area contributed by atoms with Gasteiger partial charge in [-0.05, 0) is 12.1 Å². The summed E-state index contributed by atoms with van der Waals surface area (Å²) in [5.74, 6) is 0.285. The maximum Gasteiger partial charge on any atom is 0.435 e. The molecule has 0 spiro atoms. The molecule has 7 heteroatoms. The zero-order chi connectivity index (χ0) is 13.3.